The molecule has 0 aliphatic rings. The Bertz CT molecular complexity index is 1100. The molecule has 5 heteroatoms. The molecule has 0 saturated heterocycles. The first-order valence-corrected chi connectivity index (χ1v) is 8.06. The van der Waals surface area contributed by atoms with Crippen molar-refractivity contribution in [2.75, 3.05) is 5.73 Å². The molecule has 2 N–H and O–H groups in total. The van der Waals surface area contributed by atoms with Crippen molar-refractivity contribution in [3.8, 4) is 22.4 Å². The Morgan fingerprint density at radius 1 is 0.880 bits per heavy atom. The van der Waals surface area contributed by atoms with Gasteiger partial charge in [-0.2, -0.15) is 0 Å². The third kappa shape index (κ3) is 2.81. The summed E-state index contributed by atoms with van der Waals surface area (Å²) in [5.74, 6) is -0.451. The fourth-order valence-corrected chi connectivity index (χ4v) is 3.03. The van der Waals surface area contributed by atoms with E-state index >= 15 is 0 Å². The van der Waals surface area contributed by atoms with Crippen LogP contribution in [-0.4, -0.2) is 9.97 Å². The topological polar surface area (TPSA) is 51.8 Å². The Hall–Kier alpha value is -2.98. The zero-order chi connectivity index (χ0) is 17.4. The number of rotatable bonds is 2. The van der Waals surface area contributed by atoms with Crippen molar-refractivity contribution in [1.82, 2.24) is 9.97 Å². The van der Waals surface area contributed by atoms with E-state index in [1.807, 2.05) is 30.3 Å². The molecule has 0 unspecified atom stereocenters. The summed E-state index contributed by atoms with van der Waals surface area (Å²) in [5, 5.41) is 0.952. The van der Waals surface area contributed by atoms with Crippen LogP contribution in [0.3, 0.4) is 0 Å². The largest absolute Gasteiger partial charge is 0.398 e. The molecule has 0 spiro atoms. The number of nitrogens with zero attached hydrogens (tertiary/aromatic N) is 2. The average Bonchev–Trinajstić information content (AvgIpc) is 2.64. The van der Waals surface area contributed by atoms with Crippen LogP contribution in [0.25, 0.3) is 33.3 Å². The lowest BCUT2D eigenvalue weighted by Crippen LogP contribution is -1.92. The molecular weight excluding hydrogens is 337 g/mol. The van der Waals surface area contributed by atoms with Gasteiger partial charge in [-0.1, -0.05) is 23.7 Å². The van der Waals surface area contributed by atoms with Crippen LogP contribution >= 0.6 is 11.6 Å². The molecule has 122 valence electrons. The normalized spacial score (nSPS) is 11.0. The van der Waals surface area contributed by atoms with Crippen LogP contribution in [0, 0.1) is 5.82 Å². The molecule has 3 nitrogen and oxygen atoms in total. The summed E-state index contributed by atoms with van der Waals surface area (Å²) in [6.07, 6.45) is 3.39. The number of nitrogens with two attached hydrogens (primary N) is 1. The van der Waals surface area contributed by atoms with Gasteiger partial charge in [-0.25, -0.2) is 4.39 Å². The van der Waals surface area contributed by atoms with Gasteiger partial charge >= 0.3 is 0 Å². The molecule has 2 aromatic carbocycles. The molecule has 0 aliphatic heterocycles. The summed E-state index contributed by atoms with van der Waals surface area (Å²) >= 11 is 5.93. The maximum absolute atomic E-state index is 13.5. The van der Waals surface area contributed by atoms with Gasteiger partial charge in [0.25, 0.3) is 0 Å². The second kappa shape index (κ2) is 6.15. The summed E-state index contributed by atoms with van der Waals surface area (Å²) in [6.45, 7) is 0. The van der Waals surface area contributed by atoms with Crippen LogP contribution in [0.5, 0.6) is 0 Å². The summed E-state index contributed by atoms with van der Waals surface area (Å²) in [5.41, 5.74) is 10.9. The molecule has 0 radical (unpaired) electrons. The second-order valence-corrected chi connectivity index (χ2v) is 6.07. The van der Waals surface area contributed by atoms with E-state index in [9.17, 15) is 4.39 Å². The zero-order valence-corrected chi connectivity index (χ0v) is 13.8. The van der Waals surface area contributed by atoms with E-state index < -0.39 is 5.82 Å². The van der Waals surface area contributed by atoms with Gasteiger partial charge in [0.1, 0.15) is 5.82 Å². The molecule has 0 bridgehead atoms. The second-order valence-electron chi connectivity index (χ2n) is 5.66. The van der Waals surface area contributed by atoms with Gasteiger partial charge in [-0.15, -0.1) is 0 Å². The van der Waals surface area contributed by atoms with Gasteiger partial charge in [-0.3, -0.25) is 9.97 Å². The van der Waals surface area contributed by atoms with E-state index in [-0.39, 0.29) is 5.02 Å². The number of hydrogen-bond donors (Lipinski definition) is 1. The van der Waals surface area contributed by atoms with Gasteiger partial charge in [-0.05, 0) is 48.0 Å². The first-order valence-electron chi connectivity index (χ1n) is 7.68. The quantitative estimate of drug-likeness (QED) is 0.531. The Balaban J connectivity index is 1.92. The molecule has 2 heterocycles. The van der Waals surface area contributed by atoms with Gasteiger partial charge in [0.15, 0.2) is 0 Å². The van der Waals surface area contributed by atoms with E-state index in [0.29, 0.717) is 5.69 Å². The van der Waals surface area contributed by atoms with E-state index in [4.69, 9.17) is 17.3 Å². The van der Waals surface area contributed by atoms with Gasteiger partial charge < -0.3 is 5.73 Å². The predicted octanol–water partition coefficient (Wildman–Crippen LogP) is 5.34. The van der Waals surface area contributed by atoms with Crippen LogP contribution in [0.15, 0.2) is 67.0 Å². The van der Waals surface area contributed by atoms with Gasteiger partial charge in [0.05, 0.1) is 16.2 Å². The number of anilines is 1. The highest BCUT2D eigenvalue weighted by atomic mass is 35.5. The summed E-state index contributed by atoms with van der Waals surface area (Å²) < 4.78 is 13.5. The Morgan fingerprint density at radius 3 is 2.56 bits per heavy atom. The van der Waals surface area contributed by atoms with Crippen LogP contribution in [0.1, 0.15) is 0 Å². The fourth-order valence-electron chi connectivity index (χ4n) is 2.85. The van der Waals surface area contributed by atoms with Crippen molar-refractivity contribution >= 4 is 28.2 Å². The average molecular weight is 350 g/mol. The lowest BCUT2D eigenvalue weighted by atomic mass is 9.98. The molecule has 0 amide bonds. The first kappa shape index (κ1) is 15.5. The van der Waals surface area contributed by atoms with Crippen molar-refractivity contribution in [2.45, 2.75) is 0 Å². The minimum atomic E-state index is -0.451. The molecule has 0 saturated carbocycles. The molecule has 0 aliphatic carbocycles. The van der Waals surface area contributed by atoms with E-state index in [2.05, 4.69) is 9.97 Å². The Labute approximate surface area is 148 Å². The van der Waals surface area contributed by atoms with Crippen LogP contribution in [0.2, 0.25) is 5.02 Å². The Kier molecular flexibility index (Phi) is 3.82. The monoisotopic (exact) mass is 349 g/mol. The number of benzene rings is 2. The predicted molar refractivity (Wildman–Crippen MR) is 99.8 cm³/mol. The fraction of sp³-hybridized carbons (Fsp3) is 0. The molecule has 0 fully saturated rings. The number of aromatic nitrogens is 2. The summed E-state index contributed by atoms with van der Waals surface area (Å²) in [4.78, 5) is 8.79. The molecule has 0 atom stereocenters. The highest BCUT2D eigenvalue weighted by Gasteiger charge is 2.12. The van der Waals surface area contributed by atoms with Gasteiger partial charge in [0.2, 0.25) is 0 Å². The van der Waals surface area contributed by atoms with Crippen LogP contribution in [0.4, 0.5) is 10.1 Å². The highest BCUT2D eigenvalue weighted by Crippen LogP contribution is 2.34. The minimum absolute atomic E-state index is 0.0704. The van der Waals surface area contributed by atoms with Crippen molar-refractivity contribution in [2.24, 2.45) is 0 Å². The molecule has 25 heavy (non-hydrogen) atoms. The van der Waals surface area contributed by atoms with Crippen molar-refractivity contribution in [3.05, 3.63) is 77.8 Å². The number of pyridine rings is 2. The smallest absolute Gasteiger partial charge is 0.141 e. The minimum Gasteiger partial charge on any atom is -0.398 e. The third-order valence-electron chi connectivity index (χ3n) is 4.09. The number of fused-ring (bicyclic) bond motifs is 1. The SMILES string of the molecule is Nc1ccnc2ccc(-c3cccnc3-c3ccc(F)c(Cl)c3)cc12. The molecular formula is C20H13ClFN3. The zero-order valence-electron chi connectivity index (χ0n) is 13.1. The van der Waals surface area contributed by atoms with Gasteiger partial charge in [0, 0.05) is 34.6 Å². The standard InChI is InChI=1S/C20H13ClFN3/c21-16-11-13(3-5-17(16)22)20-14(2-1-8-25-20)12-4-6-19-15(10-12)18(23)7-9-24-19/h1-11H,(H2,23,24). The van der Waals surface area contributed by atoms with Crippen molar-refractivity contribution < 1.29 is 4.39 Å². The molecule has 2 aromatic heterocycles. The van der Waals surface area contributed by atoms with Crippen LogP contribution < -0.4 is 5.73 Å². The van der Waals surface area contributed by atoms with E-state index in [1.54, 1.807) is 30.6 Å². The van der Waals surface area contributed by atoms with Crippen LogP contribution in [-0.2, 0) is 0 Å². The molecule has 4 aromatic rings. The lowest BCUT2D eigenvalue weighted by Gasteiger charge is -2.11. The molecule has 4 rings (SSSR count). The highest BCUT2D eigenvalue weighted by molar-refractivity contribution is 6.31. The number of hydrogen-bond acceptors (Lipinski definition) is 3. The lowest BCUT2D eigenvalue weighted by molar-refractivity contribution is 0.628. The maximum Gasteiger partial charge on any atom is 0.141 e. The van der Waals surface area contributed by atoms with Crippen molar-refractivity contribution in [1.29, 1.82) is 0 Å². The summed E-state index contributed by atoms with van der Waals surface area (Å²) in [7, 11) is 0. The van der Waals surface area contributed by atoms with E-state index in [1.165, 1.54) is 6.07 Å². The van der Waals surface area contributed by atoms with E-state index in [0.717, 1.165) is 33.3 Å². The number of nitrogen functional groups attached to an aromatic ring is 1. The first-order chi connectivity index (χ1) is 12.1. The number of halogens is 2. The third-order valence-corrected chi connectivity index (χ3v) is 4.38. The summed E-state index contributed by atoms with van der Waals surface area (Å²) in [6, 6.07) is 16.1. The van der Waals surface area contributed by atoms with Crippen molar-refractivity contribution in [3.63, 3.8) is 0 Å². The maximum atomic E-state index is 13.5. The Morgan fingerprint density at radius 2 is 1.72 bits per heavy atom.